The molecule has 0 unspecified atom stereocenters. The first-order valence-electron chi connectivity index (χ1n) is 7.53. The average Bonchev–Trinajstić information content (AvgIpc) is 2.60. The molecule has 0 radical (unpaired) electrons. The number of carbonyl (C=O) groups is 1. The number of carbonyl (C=O) groups excluding carboxylic acids is 1. The van der Waals surface area contributed by atoms with Crippen LogP contribution in [0.5, 0.6) is 17.2 Å². The number of amides is 1. The Hall–Kier alpha value is -2.40. The summed E-state index contributed by atoms with van der Waals surface area (Å²) in [5.74, 6) is 1.34. The molecule has 5 nitrogen and oxygen atoms in total. The fraction of sp³-hybridized carbons (Fsp3) is 0.278. The summed E-state index contributed by atoms with van der Waals surface area (Å²) in [7, 11) is 3.10. The van der Waals surface area contributed by atoms with Gasteiger partial charge in [-0.3, -0.25) is 4.79 Å². The predicted molar refractivity (Wildman–Crippen MR) is 94.3 cm³/mol. The van der Waals surface area contributed by atoms with Gasteiger partial charge in [0.25, 0.3) is 5.91 Å². The Labute approximate surface area is 146 Å². The van der Waals surface area contributed by atoms with Crippen LogP contribution in [0.3, 0.4) is 0 Å². The van der Waals surface area contributed by atoms with Crippen LogP contribution in [-0.4, -0.2) is 26.2 Å². The highest BCUT2D eigenvalue weighted by molar-refractivity contribution is 6.32. The number of rotatable bonds is 7. The minimum absolute atomic E-state index is 0.288. The van der Waals surface area contributed by atoms with E-state index in [1.54, 1.807) is 49.6 Å². The summed E-state index contributed by atoms with van der Waals surface area (Å²) >= 11 is 6.08. The van der Waals surface area contributed by atoms with Gasteiger partial charge in [-0.05, 0) is 30.7 Å². The number of hydrogen-bond acceptors (Lipinski definition) is 4. The van der Waals surface area contributed by atoms with Crippen molar-refractivity contribution in [3.05, 3.63) is 47.5 Å². The Kier molecular flexibility index (Phi) is 6.32. The third kappa shape index (κ3) is 4.32. The van der Waals surface area contributed by atoms with Crippen molar-refractivity contribution in [1.82, 2.24) is 0 Å². The molecule has 0 aromatic heterocycles. The molecule has 1 N–H and O–H groups in total. The Balaban J connectivity index is 2.16. The molecule has 2 aromatic rings. The highest BCUT2D eigenvalue weighted by Crippen LogP contribution is 2.30. The van der Waals surface area contributed by atoms with Gasteiger partial charge < -0.3 is 19.5 Å². The number of hydrogen-bond donors (Lipinski definition) is 1. The fourth-order valence-corrected chi connectivity index (χ4v) is 2.32. The van der Waals surface area contributed by atoms with Crippen LogP contribution in [0.4, 0.5) is 5.69 Å². The van der Waals surface area contributed by atoms with E-state index in [1.807, 2.05) is 6.92 Å². The normalized spacial score (nSPS) is 11.5. The molecule has 1 amide bonds. The standard InChI is InChI=1S/C18H20ClNO4/c1-4-15(24-16-8-6-5-7-13(16)19)18(21)20-14-11-12(22-2)9-10-17(14)23-3/h5-11,15H,4H2,1-3H3,(H,20,21)/t15-/m0/s1. The predicted octanol–water partition coefficient (Wildman–Crippen LogP) is 4.15. The molecule has 0 saturated heterocycles. The topological polar surface area (TPSA) is 56.8 Å². The van der Waals surface area contributed by atoms with E-state index in [-0.39, 0.29) is 5.91 Å². The van der Waals surface area contributed by atoms with E-state index in [9.17, 15) is 4.79 Å². The first-order chi connectivity index (χ1) is 11.6. The fourth-order valence-electron chi connectivity index (χ4n) is 2.14. The van der Waals surface area contributed by atoms with Gasteiger partial charge in [0.1, 0.15) is 17.2 Å². The number of methoxy groups -OCH3 is 2. The van der Waals surface area contributed by atoms with Crippen molar-refractivity contribution in [1.29, 1.82) is 0 Å². The summed E-state index contributed by atoms with van der Waals surface area (Å²) in [5.41, 5.74) is 0.517. The number of anilines is 1. The molecule has 0 saturated carbocycles. The van der Waals surface area contributed by atoms with Gasteiger partial charge in [-0.15, -0.1) is 0 Å². The van der Waals surface area contributed by atoms with E-state index in [1.165, 1.54) is 7.11 Å². The van der Waals surface area contributed by atoms with Crippen molar-refractivity contribution >= 4 is 23.2 Å². The number of nitrogens with one attached hydrogen (secondary N) is 1. The van der Waals surface area contributed by atoms with Crippen molar-refractivity contribution in [3.8, 4) is 17.2 Å². The minimum Gasteiger partial charge on any atom is -0.497 e. The lowest BCUT2D eigenvalue weighted by molar-refractivity contribution is -0.122. The molecule has 2 aromatic carbocycles. The van der Waals surface area contributed by atoms with Crippen molar-refractivity contribution in [3.63, 3.8) is 0 Å². The third-order valence-corrected chi connectivity index (χ3v) is 3.75. The second-order valence-corrected chi connectivity index (χ2v) is 5.41. The molecular formula is C18H20ClNO4. The number of para-hydroxylation sites is 1. The van der Waals surface area contributed by atoms with Gasteiger partial charge in [0.2, 0.25) is 0 Å². The van der Waals surface area contributed by atoms with E-state index in [2.05, 4.69) is 5.32 Å². The van der Waals surface area contributed by atoms with E-state index in [0.717, 1.165) is 0 Å². The molecule has 0 fully saturated rings. The maximum Gasteiger partial charge on any atom is 0.265 e. The van der Waals surface area contributed by atoms with Crippen LogP contribution in [0.1, 0.15) is 13.3 Å². The largest absolute Gasteiger partial charge is 0.497 e. The molecule has 1 atom stereocenters. The van der Waals surface area contributed by atoms with E-state index in [4.69, 9.17) is 25.8 Å². The molecule has 6 heteroatoms. The van der Waals surface area contributed by atoms with Crippen LogP contribution in [0.15, 0.2) is 42.5 Å². The zero-order valence-electron chi connectivity index (χ0n) is 13.8. The molecule has 24 heavy (non-hydrogen) atoms. The summed E-state index contributed by atoms with van der Waals surface area (Å²) in [6.45, 7) is 1.86. The van der Waals surface area contributed by atoms with E-state index < -0.39 is 6.10 Å². The molecule has 0 aliphatic heterocycles. The maximum absolute atomic E-state index is 12.6. The highest BCUT2D eigenvalue weighted by atomic mass is 35.5. The van der Waals surface area contributed by atoms with Gasteiger partial charge in [-0.25, -0.2) is 0 Å². The summed E-state index contributed by atoms with van der Waals surface area (Å²) in [4.78, 5) is 12.6. The quantitative estimate of drug-likeness (QED) is 0.815. The SMILES string of the molecule is CC[C@H](Oc1ccccc1Cl)C(=O)Nc1cc(OC)ccc1OC. The first kappa shape index (κ1) is 17.9. The Morgan fingerprint density at radius 1 is 1.12 bits per heavy atom. The zero-order valence-corrected chi connectivity index (χ0v) is 14.6. The second kappa shape index (κ2) is 8.45. The van der Waals surface area contributed by atoms with Crippen LogP contribution >= 0.6 is 11.6 Å². The molecule has 0 heterocycles. The summed E-state index contributed by atoms with van der Waals surface area (Å²) < 4.78 is 16.2. The smallest absolute Gasteiger partial charge is 0.265 e. The van der Waals surface area contributed by atoms with Gasteiger partial charge in [-0.1, -0.05) is 30.7 Å². The van der Waals surface area contributed by atoms with Crippen molar-refractivity contribution in [2.75, 3.05) is 19.5 Å². The van der Waals surface area contributed by atoms with E-state index >= 15 is 0 Å². The van der Waals surface area contributed by atoms with Gasteiger partial charge in [0.15, 0.2) is 6.10 Å². The number of benzene rings is 2. The van der Waals surface area contributed by atoms with Gasteiger partial charge in [0, 0.05) is 6.07 Å². The van der Waals surface area contributed by atoms with Crippen LogP contribution in [-0.2, 0) is 4.79 Å². The Bertz CT molecular complexity index is 705. The monoisotopic (exact) mass is 349 g/mol. The van der Waals surface area contributed by atoms with Crippen LogP contribution < -0.4 is 19.5 Å². The maximum atomic E-state index is 12.6. The van der Waals surface area contributed by atoms with Crippen molar-refractivity contribution in [2.24, 2.45) is 0 Å². The number of ether oxygens (including phenoxy) is 3. The first-order valence-corrected chi connectivity index (χ1v) is 7.91. The Morgan fingerprint density at radius 3 is 2.50 bits per heavy atom. The molecule has 128 valence electrons. The van der Waals surface area contributed by atoms with Crippen LogP contribution in [0, 0.1) is 0 Å². The summed E-state index contributed by atoms with van der Waals surface area (Å²) in [6.07, 6.45) is -0.190. The van der Waals surface area contributed by atoms with Crippen LogP contribution in [0.25, 0.3) is 0 Å². The zero-order chi connectivity index (χ0) is 17.5. The summed E-state index contributed by atoms with van der Waals surface area (Å²) in [5, 5.41) is 3.28. The van der Waals surface area contributed by atoms with Crippen molar-refractivity contribution < 1.29 is 19.0 Å². The van der Waals surface area contributed by atoms with Crippen LogP contribution in [0.2, 0.25) is 5.02 Å². The number of halogens is 1. The molecule has 0 spiro atoms. The van der Waals surface area contributed by atoms with Gasteiger partial charge in [-0.2, -0.15) is 0 Å². The third-order valence-electron chi connectivity index (χ3n) is 3.43. The lowest BCUT2D eigenvalue weighted by atomic mass is 10.2. The second-order valence-electron chi connectivity index (χ2n) is 5.00. The molecule has 0 aliphatic carbocycles. The minimum atomic E-state index is -0.680. The van der Waals surface area contributed by atoms with E-state index in [0.29, 0.717) is 34.4 Å². The molecule has 0 bridgehead atoms. The van der Waals surface area contributed by atoms with Crippen molar-refractivity contribution in [2.45, 2.75) is 19.4 Å². The van der Waals surface area contributed by atoms with Gasteiger partial charge in [0.05, 0.1) is 24.9 Å². The average molecular weight is 350 g/mol. The molecule has 2 rings (SSSR count). The molecular weight excluding hydrogens is 330 g/mol. The lowest BCUT2D eigenvalue weighted by Crippen LogP contribution is -2.32. The highest BCUT2D eigenvalue weighted by Gasteiger charge is 2.21. The Morgan fingerprint density at radius 2 is 1.88 bits per heavy atom. The lowest BCUT2D eigenvalue weighted by Gasteiger charge is -2.19. The van der Waals surface area contributed by atoms with Gasteiger partial charge >= 0.3 is 0 Å². The molecule has 0 aliphatic rings. The summed E-state index contributed by atoms with van der Waals surface area (Å²) in [6, 6.07) is 12.2.